The molecule has 5 heteroatoms. The van der Waals surface area contributed by atoms with E-state index in [-0.39, 0.29) is 38.2 Å². The van der Waals surface area contributed by atoms with Gasteiger partial charge in [-0.1, -0.05) is 210 Å². The molecule has 0 unspecified atom stereocenters. The molecule has 0 saturated carbocycles. The molecular weight excluding hydrogens is 1010 g/mol. The lowest BCUT2D eigenvalue weighted by Gasteiger charge is -2.28. The van der Waals surface area contributed by atoms with E-state index in [4.69, 9.17) is 9.97 Å². The van der Waals surface area contributed by atoms with Gasteiger partial charge in [0.15, 0.2) is 0 Å². The minimum absolute atomic E-state index is 0.0305. The number of rotatable bonds is 7. The number of pyridine rings is 1. The molecule has 1 N–H and O–H groups in total. The summed E-state index contributed by atoms with van der Waals surface area (Å²) in [5.74, 6) is 0.947. The molecule has 0 radical (unpaired) electrons. The Hall–Kier alpha value is -8.02. The Labute approximate surface area is 494 Å². The highest BCUT2D eigenvalue weighted by atomic mass is 16.3. The third-order valence-corrected chi connectivity index (χ3v) is 17.0. The number of benzene rings is 8. The maximum Gasteiger partial charge on any atom is 0.149 e. The molecule has 0 fully saturated rings. The van der Waals surface area contributed by atoms with E-state index in [9.17, 15) is 5.11 Å². The highest BCUT2D eigenvalue weighted by molar-refractivity contribution is 6.10. The number of aromatic nitrogens is 4. The lowest BCUT2D eigenvalue weighted by Crippen LogP contribution is -2.17. The number of hydrogen-bond acceptors (Lipinski definition) is 3. The summed E-state index contributed by atoms with van der Waals surface area (Å²) in [5, 5.41) is 15.3. The molecule has 0 spiro atoms. The second kappa shape index (κ2) is 20.1. The van der Waals surface area contributed by atoms with Gasteiger partial charge in [0.25, 0.3) is 0 Å². The van der Waals surface area contributed by atoms with Gasteiger partial charge in [0.05, 0.1) is 39.0 Å². The maximum absolute atomic E-state index is 12.7. The summed E-state index contributed by atoms with van der Waals surface area (Å²) in [6.45, 7) is 40.7. The number of para-hydroxylation sites is 1. The van der Waals surface area contributed by atoms with Crippen molar-refractivity contribution in [1.82, 2.24) is 19.1 Å². The van der Waals surface area contributed by atoms with Crippen molar-refractivity contribution in [2.75, 3.05) is 0 Å². The Balaban J connectivity index is 1.08. The van der Waals surface area contributed by atoms with Crippen LogP contribution in [0.3, 0.4) is 0 Å². The molecule has 3 aromatic heterocycles. The van der Waals surface area contributed by atoms with E-state index in [2.05, 4.69) is 304 Å². The van der Waals surface area contributed by atoms with Gasteiger partial charge in [0.2, 0.25) is 0 Å². The molecule has 11 aromatic rings. The number of nitrogens with zero attached hydrogens (tertiary/aromatic N) is 4. The number of phenols is 1. The molecule has 11 rings (SSSR count). The predicted molar refractivity (Wildman–Crippen MR) is 354 cm³/mol. The monoisotopic (exact) mass is 1090 g/mol. The molecule has 0 saturated heterocycles. The number of hydrogen-bond donors (Lipinski definition) is 1. The van der Waals surface area contributed by atoms with Gasteiger partial charge in [-0.15, -0.1) is 0 Å². The summed E-state index contributed by atoms with van der Waals surface area (Å²) in [5.41, 5.74) is 21.9. The van der Waals surface area contributed by atoms with Crippen molar-refractivity contribution in [3.05, 3.63) is 209 Å². The van der Waals surface area contributed by atoms with Gasteiger partial charge < -0.3 is 9.67 Å². The van der Waals surface area contributed by atoms with Gasteiger partial charge in [-0.2, -0.15) is 0 Å². The van der Waals surface area contributed by atoms with Crippen molar-refractivity contribution in [1.29, 1.82) is 0 Å². The van der Waals surface area contributed by atoms with E-state index in [0.717, 1.165) is 78.2 Å². The van der Waals surface area contributed by atoms with Gasteiger partial charge >= 0.3 is 0 Å². The van der Waals surface area contributed by atoms with Crippen LogP contribution in [0.5, 0.6) is 5.75 Å². The Morgan fingerprint density at radius 2 is 0.892 bits per heavy atom. The molecule has 8 aromatic carbocycles. The van der Waals surface area contributed by atoms with Crippen LogP contribution in [0.2, 0.25) is 0 Å². The third-order valence-electron chi connectivity index (χ3n) is 17.0. The Morgan fingerprint density at radius 1 is 0.349 bits per heavy atom. The Morgan fingerprint density at radius 3 is 1.47 bits per heavy atom. The first-order chi connectivity index (χ1) is 38.8. The average molecular weight is 1090 g/mol. The SMILES string of the molecule is CC(C)(C)c1cc(-c2cc(-c3ccc(-n4c5ccc(C(C)(C)C)cc5c5cc(C(C)(C)C)ccc54)cc3)ccn2)cc(-c2cccc3c2nc(-c2cc(C(C)(C)C)cc(C(C)(C)C)c2O)n3-c2ccc(C(C)(C)C)cc2-c2ccccc2)c1. The minimum atomic E-state index is -0.342. The van der Waals surface area contributed by atoms with Gasteiger partial charge in [-0.3, -0.25) is 9.55 Å². The normalized spacial score (nSPS) is 13.0. The fourth-order valence-electron chi connectivity index (χ4n) is 11.8. The predicted octanol–water partition coefficient (Wildman–Crippen LogP) is 21.3. The van der Waals surface area contributed by atoms with Crippen LogP contribution in [-0.4, -0.2) is 24.2 Å². The third kappa shape index (κ3) is 10.7. The van der Waals surface area contributed by atoms with Crippen LogP contribution in [-0.2, 0) is 32.5 Å². The second-order valence-electron chi connectivity index (χ2n) is 29.5. The van der Waals surface area contributed by atoms with Gasteiger partial charge in [0.1, 0.15) is 11.6 Å². The zero-order chi connectivity index (χ0) is 59.5. The first-order valence-corrected chi connectivity index (χ1v) is 29.8. The van der Waals surface area contributed by atoms with Crippen molar-refractivity contribution < 1.29 is 5.11 Å². The van der Waals surface area contributed by atoms with E-state index in [1.54, 1.807) is 0 Å². The number of aromatic hydroxyl groups is 1. The highest BCUT2D eigenvalue weighted by Crippen LogP contribution is 2.47. The largest absolute Gasteiger partial charge is 0.507 e. The molecule has 0 amide bonds. The quantitative estimate of drug-likeness (QED) is 0.173. The molecule has 83 heavy (non-hydrogen) atoms. The topological polar surface area (TPSA) is 55.9 Å². The zero-order valence-corrected chi connectivity index (χ0v) is 52.5. The van der Waals surface area contributed by atoms with Crippen LogP contribution in [0.4, 0.5) is 0 Å². The lowest BCUT2D eigenvalue weighted by molar-refractivity contribution is 0.446. The van der Waals surface area contributed by atoms with Crippen LogP contribution in [0.15, 0.2) is 176 Å². The summed E-state index contributed by atoms with van der Waals surface area (Å²) in [6.07, 6.45) is 1.95. The van der Waals surface area contributed by atoms with E-state index >= 15 is 0 Å². The fraction of sp³-hybridized carbons (Fsp3) is 0.308. The lowest BCUT2D eigenvalue weighted by atomic mass is 9.79. The number of fused-ring (bicyclic) bond motifs is 4. The molecule has 0 atom stereocenters. The van der Waals surface area contributed by atoms with Crippen LogP contribution in [0, 0.1) is 0 Å². The summed E-state index contributed by atoms with van der Waals surface area (Å²) < 4.78 is 4.73. The van der Waals surface area contributed by atoms with E-state index in [1.807, 2.05) is 6.20 Å². The molecule has 0 aliphatic rings. The van der Waals surface area contributed by atoms with Crippen LogP contribution < -0.4 is 0 Å². The Kier molecular flexibility index (Phi) is 13.8. The molecule has 422 valence electrons. The minimum Gasteiger partial charge on any atom is -0.507 e. The highest BCUT2D eigenvalue weighted by Gasteiger charge is 2.31. The molecule has 0 aliphatic carbocycles. The van der Waals surface area contributed by atoms with Gasteiger partial charge in [-0.05, 0) is 167 Å². The maximum atomic E-state index is 12.7. The van der Waals surface area contributed by atoms with E-state index in [0.29, 0.717) is 11.4 Å². The standard InChI is InChI=1S/C78H84N4O/c1-73(2,3)53-29-34-66(60(43-53)49-23-20-19-21-24-49)82-69-26-22-25-59(70(69)80-72(82)63-46-57(77(13,14)15)47-64(71(63)83)78(16,17)18)51-39-52(41-56(40-51)76(10,11)12)65-42-50(37-38-79-65)48-27-32-58(33-28-48)81-67-35-30-54(74(4,5)6)44-61(67)62-45-55(75(7,8)9)31-36-68(62)81/h19-47,83H,1-18H3. The molecular formula is C78H84N4O. The van der Waals surface area contributed by atoms with Crippen molar-refractivity contribution in [3.8, 4) is 73.2 Å². The fourth-order valence-corrected chi connectivity index (χ4v) is 11.8. The van der Waals surface area contributed by atoms with Crippen LogP contribution in [0.25, 0.3) is 100 Å². The van der Waals surface area contributed by atoms with E-state index < -0.39 is 0 Å². The average Bonchev–Trinajstić information content (AvgIpc) is 2.03. The van der Waals surface area contributed by atoms with Gasteiger partial charge in [-0.25, -0.2) is 4.98 Å². The van der Waals surface area contributed by atoms with Crippen LogP contribution >= 0.6 is 0 Å². The molecule has 3 heterocycles. The van der Waals surface area contributed by atoms with Crippen molar-refractivity contribution in [2.24, 2.45) is 0 Å². The zero-order valence-electron chi connectivity index (χ0n) is 52.5. The van der Waals surface area contributed by atoms with Gasteiger partial charge in [0, 0.05) is 44.9 Å². The first kappa shape index (κ1) is 56.8. The van der Waals surface area contributed by atoms with Crippen LogP contribution in [0.1, 0.15) is 158 Å². The number of imidazole rings is 1. The van der Waals surface area contributed by atoms with Crippen molar-refractivity contribution in [3.63, 3.8) is 0 Å². The smallest absolute Gasteiger partial charge is 0.149 e. The summed E-state index contributed by atoms with van der Waals surface area (Å²) >= 11 is 0. The first-order valence-electron chi connectivity index (χ1n) is 29.8. The molecule has 5 nitrogen and oxygen atoms in total. The van der Waals surface area contributed by atoms with Crippen molar-refractivity contribution >= 4 is 32.8 Å². The van der Waals surface area contributed by atoms with E-state index in [1.165, 1.54) is 44.1 Å². The second-order valence-corrected chi connectivity index (χ2v) is 29.5. The number of phenolic OH excluding ortho intramolecular Hbond substituents is 1. The summed E-state index contributed by atoms with van der Waals surface area (Å²) in [7, 11) is 0. The summed E-state index contributed by atoms with van der Waals surface area (Å²) in [4.78, 5) is 10.9. The summed E-state index contributed by atoms with van der Waals surface area (Å²) in [6, 6.07) is 62.9. The van der Waals surface area contributed by atoms with Crippen molar-refractivity contribution in [2.45, 2.75) is 157 Å². The molecule has 0 aliphatic heterocycles. The molecule has 0 bridgehead atoms. The Bertz CT molecular complexity index is 4220.